The minimum atomic E-state index is -3.62. The fourth-order valence-corrected chi connectivity index (χ4v) is 4.63. The molecule has 1 aliphatic rings. The second-order valence-corrected chi connectivity index (χ2v) is 8.56. The molecule has 1 aliphatic heterocycles. The lowest BCUT2D eigenvalue weighted by molar-refractivity contribution is 0.0955. The zero-order valence-electron chi connectivity index (χ0n) is 16.0. The van der Waals surface area contributed by atoms with Crippen molar-refractivity contribution in [2.75, 3.05) is 20.2 Å². The molecule has 0 spiro atoms. The van der Waals surface area contributed by atoms with Gasteiger partial charge >= 0.3 is 0 Å². The standard InChI is InChI=1S/C20H23N3O5S/c1-28-19-9-8-15(12-18(19)24)14-21-22-20(25)16-6-5-7-17(13-16)29(26,27)23-10-3-2-4-11-23/h5-9,12-14,24H,2-4,10-11H2,1H3,(H,22,25). The Morgan fingerprint density at radius 1 is 1.17 bits per heavy atom. The summed E-state index contributed by atoms with van der Waals surface area (Å²) in [6.45, 7) is 0.996. The van der Waals surface area contributed by atoms with E-state index in [2.05, 4.69) is 10.5 Å². The van der Waals surface area contributed by atoms with Crippen molar-refractivity contribution in [1.29, 1.82) is 0 Å². The number of benzene rings is 2. The summed E-state index contributed by atoms with van der Waals surface area (Å²) >= 11 is 0. The summed E-state index contributed by atoms with van der Waals surface area (Å²) in [4.78, 5) is 12.4. The molecule has 0 aliphatic carbocycles. The van der Waals surface area contributed by atoms with Crippen LogP contribution in [0.4, 0.5) is 0 Å². The second-order valence-electron chi connectivity index (χ2n) is 6.62. The van der Waals surface area contributed by atoms with Crippen LogP contribution in [0, 0.1) is 0 Å². The molecule has 2 aromatic carbocycles. The number of aromatic hydroxyl groups is 1. The van der Waals surface area contributed by atoms with Gasteiger partial charge in [0.25, 0.3) is 5.91 Å². The molecular weight excluding hydrogens is 394 g/mol. The fraction of sp³-hybridized carbons (Fsp3) is 0.300. The van der Waals surface area contributed by atoms with Gasteiger partial charge in [-0.1, -0.05) is 12.5 Å². The van der Waals surface area contributed by atoms with Gasteiger partial charge in [-0.25, -0.2) is 13.8 Å². The molecule has 3 rings (SSSR count). The first kappa shape index (κ1) is 20.8. The van der Waals surface area contributed by atoms with Gasteiger partial charge in [0.15, 0.2) is 11.5 Å². The molecule has 154 valence electrons. The van der Waals surface area contributed by atoms with E-state index in [1.165, 1.54) is 48.0 Å². The maximum absolute atomic E-state index is 12.8. The van der Waals surface area contributed by atoms with Gasteiger partial charge in [0.05, 0.1) is 18.2 Å². The number of hydrogen-bond acceptors (Lipinski definition) is 6. The highest BCUT2D eigenvalue weighted by molar-refractivity contribution is 7.89. The lowest BCUT2D eigenvalue weighted by Crippen LogP contribution is -2.35. The van der Waals surface area contributed by atoms with Crippen LogP contribution < -0.4 is 10.2 Å². The molecule has 1 saturated heterocycles. The van der Waals surface area contributed by atoms with Gasteiger partial charge in [0, 0.05) is 18.7 Å². The van der Waals surface area contributed by atoms with Gasteiger partial charge in [-0.3, -0.25) is 4.79 Å². The Bertz CT molecular complexity index is 1010. The number of rotatable bonds is 6. The number of amides is 1. The van der Waals surface area contributed by atoms with Crippen LogP contribution in [0.25, 0.3) is 0 Å². The smallest absolute Gasteiger partial charge is 0.271 e. The van der Waals surface area contributed by atoms with Crippen LogP contribution in [-0.4, -0.2) is 50.2 Å². The average Bonchev–Trinajstić information content (AvgIpc) is 2.74. The number of piperidine rings is 1. The normalized spacial score (nSPS) is 15.3. The summed E-state index contributed by atoms with van der Waals surface area (Å²) < 4.78 is 32.0. The molecular formula is C20H23N3O5S. The number of carbonyl (C=O) groups excluding carboxylic acids is 1. The Labute approximate surface area is 169 Å². The van der Waals surface area contributed by atoms with E-state index in [1.54, 1.807) is 12.1 Å². The van der Waals surface area contributed by atoms with Crippen molar-refractivity contribution in [3.63, 3.8) is 0 Å². The van der Waals surface area contributed by atoms with Crippen molar-refractivity contribution in [1.82, 2.24) is 9.73 Å². The number of methoxy groups -OCH3 is 1. The number of ether oxygens (including phenoxy) is 1. The molecule has 0 atom stereocenters. The summed E-state index contributed by atoms with van der Waals surface area (Å²) in [7, 11) is -2.17. The molecule has 0 radical (unpaired) electrons. The molecule has 29 heavy (non-hydrogen) atoms. The largest absolute Gasteiger partial charge is 0.504 e. The molecule has 1 heterocycles. The summed E-state index contributed by atoms with van der Waals surface area (Å²) in [5.41, 5.74) is 3.12. The maximum atomic E-state index is 12.8. The third-order valence-electron chi connectivity index (χ3n) is 4.63. The number of nitrogens with zero attached hydrogens (tertiary/aromatic N) is 2. The van der Waals surface area contributed by atoms with E-state index in [1.807, 2.05) is 0 Å². The molecule has 8 nitrogen and oxygen atoms in total. The number of hydrogen-bond donors (Lipinski definition) is 2. The van der Waals surface area contributed by atoms with E-state index in [9.17, 15) is 18.3 Å². The number of phenols is 1. The monoisotopic (exact) mass is 417 g/mol. The van der Waals surface area contributed by atoms with E-state index in [0.29, 0.717) is 24.4 Å². The van der Waals surface area contributed by atoms with E-state index in [-0.39, 0.29) is 16.2 Å². The number of hydrazone groups is 1. The van der Waals surface area contributed by atoms with E-state index >= 15 is 0 Å². The molecule has 1 amide bonds. The van der Waals surface area contributed by atoms with Crippen molar-refractivity contribution in [3.8, 4) is 11.5 Å². The minimum absolute atomic E-state index is 0.0432. The number of nitrogens with one attached hydrogen (secondary N) is 1. The molecule has 0 saturated carbocycles. The van der Waals surface area contributed by atoms with Crippen LogP contribution in [0.5, 0.6) is 11.5 Å². The van der Waals surface area contributed by atoms with Crippen molar-refractivity contribution >= 4 is 22.1 Å². The lowest BCUT2D eigenvalue weighted by atomic mass is 10.2. The first-order chi connectivity index (χ1) is 13.9. The average molecular weight is 417 g/mol. The van der Waals surface area contributed by atoms with E-state index in [0.717, 1.165) is 19.3 Å². The summed E-state index contributed by atoms with van der Waals surface area (Å²) in [6, 6.07) is 10.6. The Balaban J connectivity index is 1.70. The van der Waals surface area contributed by atoms with Gasteiger partial charge < -0.3 is 9.84 Å². The van der Waals surface area contributed by atoms with Crippen LogP contribution >= 0.6 is 0 Å². The quantitative estimate of drug-likeness (QED) is 0.554. The first-order valence-electron chi connectivity index (χ1n) is 9.22. The van der Waals surface area contributed by atoms with Crippen LogP contribution in [0.1, 0.15) is 35.2 Å². The minimum Gasteiger partial charge on any atom is -0.504 e. The van der Waals surface area contributed by atoms with Crippen LogP contribution in [0.15, 0.2) is 52.5 Å². The second kappa shape index (κ2) is 9.06. The Kier molecular flexibility index (Phi) is 6.50. The SMILES string of the molecule is COc1ccc(C=NNC(=O)c2cccc(S(=O)(=O)N3CCCCC3)c2)cc1O. The van der Waals surface area contributed by atoms with Crippen molar-refractivity contribution in [2.45, 2.75) is 24.2 Å². The van der Waals surface area contributed by atoms with Crippen LogP contribution in [0.3, 0.4) is 0 Å². The first-order valence-corrected chi connectivity index (χ1v) is 10.7. The van der Waals surface area contributed by atoms with E-state index < -0.39 is 15.9 Å². The van der Waals surface area contributed by atoms with Crippen molar-refractivity contribution in [3.05, 3.63) is 53.6 Å². The highest BCUT2D eigenvalue weighted by Gasteiger charge is 2.26. The molecule has 2 aromatic rings. The lowest BCUT2D eigenvalue weighted by Gasteiger charge is -2.25. The molecule has 0 aromatic heterocycles. The molecule has 0 unspecified atom stereocenters. The maximum Gasteiger partial charge on any atom is 0.271 e. The number of sulfonamides is 1. The van der Waals surface area contributed by atoms with Gasteiger partial charge in [0.1, 0.15) is 0 Å². The topological polar surface area (TPSA) is 108 Å². The van der Waals surface area contributed by atoms with Crippen LogP contribution in [-0.2, 0) is 10.0 Å². The summed E-state index contributed by atoms with van der Waals surface area (Å²) in [5.74, 6) is -0.244. The highest BCUT2D eigenvalue weighted by atomic mass is 32.2. The third kappa shape index (κ3) is 4.93. The zero-order chi connectivity index (χ0) is 20.9. The van der Waals surface area contributed by atoms with Crippen molar-refractivity contribution < 1.29 is 23.1 Å². The van der Waals surface area contributed by atoms with Gasteiger partial charge in [-0.15, -0.1) is 0 Å². The molecule has 0 bridgehead atoms. The van der Waals surface area contributed by atoms with Crippen molar-refractivity contribution in [2.24, 2.45) is 5.10 Å². The fourth-order valence-electron chi connectivity index (χ4n) is 3.07. The van der Waals surface area contributed by atoms with Gasteiger partial charge in [-0.05, 0) is 54.8 Å². The highest BCUT2D eigenvalue weighted by Crippen LogP contribution is 2.25. The Morgan fingerprint density at radius 2 is 1.93 bits per heavy atom. The number of phenolic OH excluding ortho intramolecular Hbond substituents is 1. The van der Waals surface area contributed by atoms with Gasteiger partial charge in [0.2, 0.25) is 10.0 Å². The number of carbonyl (C=O) groups is 1. The van der Waals surface area contributed by atoms with Gasteiger partial charge in [-0.2, -0.15) is 9.41 Å². The third-order valence-corrected chi connectivity index (χ3v) is 6.53. The predicted molar refractivity (Wildman–Crippen MR) is 109 cm³/mol. The molecule has 2 N–H and O–H groups in total. The zero-order valence-corrected chi connectivity index (χ0v) is 16.9. The Morgan fingerprint density at radius 3 is 2.62 bits per heavy atom. The molecule has 9 heteroatoms. The Hall–Kier alpha value is -2.91. The molecule has 1 fully saturated rings. The predicted octanol–water partition coefficient (Wildman–Crippen LogP) is 2.34. The van der Waals surface area contributed by atoms with E-state index in [4.69, 9.17) is 4.74 Å². The summed E-state index contributed by atoms with van der Waals surface area (Å²) in [5, 5.41) is 13.6. The summed E-state index contributed by atoms with van der Waals surface area (Å²) in [6.07, 6.45) is 4.08. The van der Waals surface area contributed by atoms with Crippen LogP contribution in [0.2, 0.25) is 0 Å².